The molecule has 3 heterocycles. The Balaban J connectivity index is 1.58. The lowest BCUT2D eigenvalue weighted by atomic mass is 10.1. The Labute approximate surface area is 143 Å². The number of ether oxygens (including phenoxy) is 2. The van der Waals surface area contributed by atoms with Crippen molar-refractivity contribution in [3.05, 3.63) is 44.6 Å². The Morgan fingerprint density at radius 3 is 2.82 bits per heavy atom. The van der Waals surface area contributed by atoms with Crippen molar-refractivity contribution in [3.8, 4) is 11.5 Å². The highest BCUT2D eigenvalue weighted by Gasteiger charge is 2.27. The minimum absolute atomic E-state index is 0.556. The average molecular weight is 380 g/mol. The first-order chi connectivity index (χ1) is 10.8. The zero-order valence-electron chi connectivity index (χ0n) is 12.3. The van der Waals surface area contributed by atoms with Gasteiger partial charge >= 0.3 is 0 Å². The lowest BCUT2D eigenvalue weighted by Crippen LogP contribution is -2.23. The van der Waals surface area contributed by atoms with Crippen LogP contribution in [0.4, 0.5) is 0 Å². The maximum absolute atomic E-state index is 5.72. The quantitative estimate of drug-likeness (QED) is 0.776. The van der Waals surface area contributed by atoms with Crippen molar-refractivity contribution >= 4 is 27.3 Å². The Kier molecular flexibility index (Phi) is 4.11. The molecule has 0 bridgehead atoms. The van der Waals surface area contributed by atoms with Gasteiger partial charge in [-0.25, -0.2) is 0 Å². The minimum atomic E-state index is 0.556. The SMILES string of the molecule is Brc1cc2c(cc1CN1CCC[C@H]1c1cccs1)OCCO2. The van der Waals surface area contributed by atoms with E-state index in [0.29, 0.717) is 19.3 Å². The van der Waals surface area contributed by atoms with Gasteiger partial charge in [-0.05, 0) is 48.5 Å². The smallest absolute Gasteiger partial charge is 0.162 e. The monoisotopic (exact) mass is 379 g/mol. The van der Waals surface area contributed by atoms with E-state index in [1.165, 1.54) is 23.3 Å². The van der Waals surface area contributed by atoms with Gasteiger partial charge < -0.3 is 9.47 Å². The number of hydrogen-bond acceptors (Lipinski definition) is 4. The third-order valence-corrected chi connectivity index (χ3v) is 6.03. The standard InChI is InChI=1S/C17H18BrNO2S/c18-13-10-16-15(20-6-7-21-16)9-12(13)11-19-5-1-3-14(19)17-4-2-8-22-17/h2,4,8-10,14H,1,3,5-7,11H2/t14-/m0/s1. The van der Waals surface area contributed by atoms with Crippen molar-refractivity contribution in [3.63, 3.8) is 0 Å². The zero-order valence-corrected chi connectivity index (χ0v) is 14.7. The van der Waals surface area contributed by atoms with E-state index < -0.39 is 0 Å². The first-order valence-corrected chi connectivity index (χ1v) is 9.34. The number of hydrogen-bond donors (Lipinski definition) is 0. The van der Waals surface area contributed by atoms with Crippen LogP contribution in [-0.2, 0) is 6.54 Å². The molecule has 22 heavy (non-hydrogen) atoms. The Morgan fingerprint density at radius 2 is 2.05 bits per heavy atom. The van der Waals surface area contributed by atoms with E-state index in [4.69, 9.17) is 9.47 Å². The van der Waals surface area contributed by atoms with Crippen LogP contribution in [0.1, 0.15) is 29.3 Å². The molecular formula is C17H18BrNO2S. The van der Waals surface area contributed by atoms with Gasteiger partial charge in [0, 0.05) is 21.9 Å². The van der Waals surface area contributed by atoms with Gasteiger partial charge in [0.2, 0.25) is 0 Å². The minimum Gasteiger partial charge on any atom is -0.486 e. The molecule has 5 heteroatoms. The normalized spacial score (nSPS) is 21.2. The van der Waals surface area contributed by atoms with Crippen LogP contribution in [0.3, 0.4) is 0 Å². The number of thiophene rings is 1. The summed E-state index contributed by atoms with van der Waals surface area (Å²) in [5, 5.41) is 2.17. The summed E-state index contributed by atoms with van der Waals surface area (Å²) in [5.41, 5.74) is 1.27. The fourth-order valence-corrected chi connectivity index (χ4v) is 4.61. The maximum Gasteiger partial charge on any atom is 0.162 e. The van der Waals surface area contributed by atoms with Crippen LogP contribution in [0.15, 0.2) is 34.1 Å². The highest BCUT2D eigenvalue weighted by Crippen LogP contribution is 2.39. The van der Waals surface area contributed by atoms with Crippen molar-refractivity contribution in [2.24, 2.45) is 0 Å². The van der Waals surface area contributed by atoms with Gasteiger partial charge in [-0.15, -0.1) is 11.3 Å². The van der Waals surface area contributed by atoms with Crippen molar-refractivity contribution in [1.29, 1.82) is 0 Å². The molecule has 0 radical (unpaired) electrons. The maximum atomic E-state index is 5.72. The molecule has 1 saturated heterocycles. The number of likely N-dealkylation sites (tertiary alicyclic amines) is 1. The molecule has 0 N–H and O–H groups in total. The Hall–Kier alpha value is -1.04. The molecule has 116 valence electrons. The number of benzene rings is 1. The molecule has 4 rings (SSSR count). The Bertz CT molecular complexity index is 659. The van der Waals surface area contributed by atoms with Gasteiger partial charge in [0.25, 0.3) is 0 Å². The van der Waals surface area contributed by atoms with E-state index in [1.807, 2.05) is 17.4 Å². The van der Waals surface area contributed by atoms with Gasteiger partial charge in [-0.2, -0.15) is 0 Å². The van der Waals surface area contributed by atoms with E-state index in [9.17, 15) is 0 Å². The first-order valence-electron chi connectivity index (χ1n) is 7.67. The first kappa shape index (κ1) is 14.5. The van der Waals surface area contributed by atoms with E-state index in [2.05, 4.69) is 44.4 Å². The molecule has 0 aliphatic carbocycles. The summed E-state index contributed by atoms with van der Waals surface area (Å²) < 4.78 is 12.5. The van der Waals surface area contributed by atoms with Gasteiger partial charge in [0.05, 0.1) is 0 Å². The Morgan fingerprint density at radius 1 is 1.23 bits per heavy atom. The third-order valence-electron chi connectivity index (χ3n) is 4.32. The van der Waals surface area contributed by atoms with E-state index >= 15 is 0 Å². The number of fused-ring (bicyclic) bond motifs is 1. The van der Waals surface area contributed by atoms with Crippen LogP contribution < -0.4 is 9.47 Å². The average Bonchev–Trinajstić information content (AvgIpc) is 3.18. The number of halogens is 1. The summed E-state index contributed by atoms with van der Waals surface area (Å²) in [6, 6.07) is 9.13. The fourth-order valence-electron chi connectivity index (χ4n) is 3.26. The van der Waals surface area contributed by atoms with Crippen LogP contribution >= 0.6 is 27.3 Å². The molecule has 2 aromatic rings. The van der Waals surface area contributed by atoms with Crippen LogP contribution in [0, 0.1) is 0 Å². The number of nitrogens with zero attached hydrogens (tertiary/aromatic N) is 1. The van der Waals surface area contributed by atoms with Crippen LogP contribution in [0.5, 0.6) is 11.5 Å². The molecule has 1 aromatic carbocycles. The van der Waals surface area contributed by atoms with Gasteiger partial charge in [-0.1, -0.05) is 22.0 Å². The molecule has 1 atom stereocenters. The predicted molar refractivity (Wildman–Crippen MR) is 91.8 cm³/mol. The lowest BCUT2D eigenvalue weighted by Gasteiger charge is -2.25. The summed E-state index contributed by atoms with van der Waals surface area (Å²) >= 11 is 5.56. The second-order valence-electron chi connectivity index (χ2n) is 5.73. The predicted octanol–water partition coefficient (Wildman–Crippen LogP) is 4.62. The second-order valence-corrected chi connectivity index (χ2v) is 7.56. The molecule has 3 nitrogen and oxygen atoms in total. The summed E-state index contributed by atoms with van der Waals surface area (Å²) in [6.45, 7) is 3.37. The summed E-state index contributed by atoms with van der Waals surface area (Å²) in [6.07, 6.45) is 2.52. The molecule has 2 aliphatic heterocycles. The van der Waals surface area contributed by atoms with Crippen LogP contribution in [0.2, 0.25) is 0 Å². The second kappa shape index (κ2) is 6.22. The highest BCUT2D eigenvalue weighted by molar-refractivity contribution is 9.10. The molecule has 1 fully saturated rings. The zero-order chi connectivity index (χ0) is 14.9. The molecular weight excluding hydrogens is 362 g/mol. The summed E-state index contributed by atoms with van der Waals surface area (Å²) in [4.78, 5) is 4.05. The summed E-state index contributed by atoms with van der Waals surface area (Å²) in [7, 11) is 0. The highest BCUT2D eigenvalue weighted by atomic mass is 79.9. The van der Waals surface area contributed by atoms with Crippen LogP contribution in [-0.4, -0.2) is 24.7 Å². The fraction of sp³-hybridized carbons (Fsp3) is 0.412. The van der Waals surface area contributed by atoms with Gasteiger partial charge in [0.15, 0.2) is 11.5 Å². The lowest BCUT2D eigenvalue weighted by molar-refractivity contribution is 0.170. The molecule has 0 saturated carbocycles. The molecule has 0 unspecified atom stereocenters. The topological polar surface area (TPSA) is 21.7 Å². The van der Waals surface area contributed by atoms with Gasteiger partial charge in [-0.3, -0.25) is 4.90 Å². The molecule has 0 spiro atoms. The van der Waals surface area contributed by atoms with Crippen molar-refractivity contribution in [1.82, 2.24) is 4.90 Å². The van der Waals surface area contributed by atoms with E-state index in [-0.39, 0.29) is 0 Å². The van der Waals surface area contributed by atoms with E-state index in [0.717, 1.165) is 29.1 Å². The largest absolute Gasteiger partial charge is 0.486 e. The molecule has 0 amide bonds. The van der Waals surface area contributed by atoms with Crippen molar-refractivity contribution in [2.45, 2.75) is 25.4 Å². The number of rotatable bonds is 3. The van der Waals surface area contributed by atoms with Gasteiger partial charge in [0.1, 0.15) is 13.2 Å². The summed E-state index contributed by atoms with van der Waals surface area (Å²) in [5.74, 6) is 1.72. The van der Waals surface area contributed by atoms with E-state index in [1.54, 1.807) is 0 Å². The molecule has 1 aromatic heterocycles. The van der Waals surface area contributed by atoms with Crippen molar-refractivity contribution < 1.29 is 9.47 Å². The van der Waals surface area contributed by atoms with Crippen molar-refractivity contribution in [2.75, 3.05) is 19.8 Å². The third kappa shape index (κ3) is 2.77. The van der Waals surface area contributed by atoms with Crippen LogP contribution in [0.25, 0.3) is 0 Å². The molecule has 2 aliphatic rings.